The summed E-state index contributed by atoms with van der Waals surface area (Å²) < 4.78 is 27.0. The second-order valence-corrected chi connectivity index (χ2v) is 6.07. The molecule has 1 heterocycles. The molecule has 140 valence electrons. The Hall–Kier alpha value is -3.01. The maximum absolute atomic E-state index is 13.9. The average Bonchev–Trinajstić information content (AvgIpc) is 2.57. The summed E-state index contributed by atoms with van der Waals surface area (Å²) in [5.41, 5.74) is -1.86. The number of fused-ring (bicyclic) bond motifs is 1. The predicted molar refractivity (Wildman–Crippen MR) is 96.9 cm³/mol. The summed E-state index contributed by atoms with van der Waals surface area (Å²) >= 11 is 5.86. The van der Waals surface area contributed by atoms with E-state index in [0.717, 1.165) is 25.1 Å². The molecule has 27 heavy (non-hydrogen) atoms. The zero-order valence-corrected chi connectivity index (χ0v) is 14.4. The summed E-state index contributed by atoms with van der Waals surface area (Å²) in [6.07, 6.45) is 0. The van der Waals surface area contributed by atoms with Crippen molar-refractivity contribution >= 4 is 45.5 Å². The predicted octanol–water partition coefficient (Wildman–Crippen LogP) is 4.10. The number of hydrogen-bond donors (Lipinski definition) is 3. The number of nitrogens with zero attached hydrogens (tertiary/aromatic N) is 1. The van der Waals surface area contributed by atoms with Gasteiger partial charge in [-0.2, -0.15) is 0 Å². The normalized spacial score (nSPS) is 10.9. The molecular weight excluding hydrogens is 384 g/mol. The van der Waals surface area contributed by atoms with Crippen LogP contribution in [0.4, 0.5) is 26.0 Å². The number of rotatable bonds is 4. The molecule has 0 aliphatic heterocycles. The fourth-order valence-electron chi connectivity index (χ4n) is 2.64. The summed E-state index contributed by atoms with van der Waals surface area (Å²) in [6.45, 7) is 1.13. The van der Waals surface area contributed by atoms with E-state index < -0.39 is 28.1 Å². The largest absolute Gasteiger partial charge is 0.733 e. The van der Waals surface area contributed by atoms with E-state index in [-0.39, 0.29) is 38.7 Å². The van der Waals surface area contributed by atoms with Gasteiger partial charge in [0.15, 0.2) is 5.78 Å². The first-order valence-corrected chi connectivity index (χ1v) is 7.85. The standard InChI is InChI=1S/C17H11ClF2N3O4/c1-7(24)14-16(25)10-4-8(18)5-13(23(26)27)15(10)22-17(14)21-12-3-2-9(19)6-11(12)20/h2-6,26H,1H3,(H2,21,22,25)/q-1. The molecule has 0 fully saturated rings. The molecule has 0 amide bonds. The van der Waals surface area contributed by atoms with Crippen LogP contribution in [0.15, 0.2) is 35.1 Å². The molecule has 3 N–H and O–H groups in total. The first-order valence-electron chi connectivity index (χ1n) is 7.47. The first kappa shape index (κ1) is 18.8. The third-order valence-corrected chi connectivity index (χ3v) is 4.02. The highest BCUT2D eigenvalue weighted by molar-refractivity contribution is 6.32. The van der Waals surface area contributed by atoms with E-state index in [1.165, 1.54) is 6.07 Å². The number of ketones is 1. The summed E-state index contributed by atoms with van der Waals surface area (Å²) in [5.74, 6) is -2.64. The molecule has 10 heteroatoms. The minimum atomic E-state index is -0.964. The number of benzene rings is 2. The van der Waals surface area contributed by atoms with Gasteiger partial charge in [0.2, 0.25) is 5.43 Å². The van der Waals surface area contributed by atoms with Crippen LogP contribution in [0, 0.1) is 16.8 Å². The van der Waals surface area contributed by atoms with Crippen molar-refractivity contribution in [1.29, 1.82) is 0 Å². The lowest BCUT2D eigenvalue weighted by atomic mass is 10.1. The van der Waals surface area contributed by atoms with E-state index >= 15 is 0 Å². The van der Waals surface area contributed by atoms with E-state index in [0.29, 0.717) is 6.07 Å². The van der Waals surface area contributed by atoms with Crippen molar-refractivity contribution in [3.63, 3.8) is 0 Å². The molecular formula is C17H11ClF2N3O4-. The number of carbonyl (C=O) groups is 1. The zero-order valence-electron chi connectivity index (χ0n) is 13.6. The minimum absolute atomic E-state index is 0.0160. The Morgan fingerprint density at radius 1 is 1.30 bits per heavy atom. The molecule has 0 aliphatic rings. The lowest BCUT2D eigenvalue weighted by Gasteiger charge is -2.24. The molecule has 3 rings (SSSR count). The van der Waals surface area contributed by atoms with Gasteiger partial charge in [0.05, 0.1) is 22.3 Å². The average molecular weight is 395 g/mol. The van der Waals surface area contributed by atoms with E-state index in [9.17, 15) is 28.8 Å². The summed E-state index contributed by atoms with van der Waals surface area (Å²) in [5, 5.41) is 22.6. The van der Waals surface area contributed by atoms with Gasteiger partial charge in [-0.1, -0.05) is 11.6 Å². The SMILES string of the molecule is CC(=O)c1c(Nc2ccc(F)cc2F)[nH]c2c(N([O-])O)cc(Cl)cc2c1=O. The molecule has 0 saturated carbocycles. The van der Waals surface area contributed by atoms with Gasteiger partial charge in [-0.3, -0.25) is 14.8 Å². The van der Waals surface area contributed by atoms with Gasteiger partial charge in [0, 0.05) is 11.1 Å². The number of H-pyrrole nitrogens is 1. The minimum Gasteiger partial charge on any atom is -0.733 e. The molecule has 0 aliphatic carbocycles. The van der Waals surface area contributed by atoms with Gasteiger partial charge in [-0.15, -0.1) is 0 Å². The Kier molecular flexibility index (Phi) is 4.83. The number of carbonyl (C=O) groups excluding carboxylic acids is 1. The van der Waals surface area contributed by atoms with E-state index in [1.807, 2.05) is 0 Å². The Balaban J connectivity index is 2.32. The molecule has 0 radical (unpaired) electrons. The Bertz CT molecular complexity index is 1130. The second-order valence-electron chi connectivity index (χ2n) is 5.63. The smallest absolute Gasteiger partial charge is 0.202 e. The number of nitrogens with one attached hydrogen (secondary N) is 2. The number of aromatic amines is 1. The van der Waals surface area contributed by atoms with Crippen LogP contribution in [0.5, 0.6) is 0 Å². The first-order chi connectivity index (χ1) is 12.7. The van der Waals surface area contributed by atoms with Crippen LogP contribution in [0.25, 0.3) is 10.9 Å². The van der Waals surface area contributed by atoms with Crippen molar-refractivity contribution in [3.05, 3.63) is 68.0 Å². The fourth-order valence-corrected chi connectivity index (χ4v) is 2.86. The number of aromatic nitrogens is 1. The van der Waals surface area contributed by atoms with Crippen LogP contribution in [0.1, 0.15) is 17.3 Å². The van der Waals surface area contributed by atoms with Gasteiger partial charge < -0.3 is 20.7 Å². The number of halogens is 3. The summed E-state index contributed by atoms with van der Waals surface area (Å²) in [7, 11) is 0. The Morgan fingerprint density at radius 2 is 2.00 bits per heavy atom. The van der Waals surface area contributed by atoms with Gasteiger partial charge in [-0.05, 0) is 31.2 Å². The molecule has 3 aromatic rings. The van der Waals surface area contributed by atoms with Crippen LogP contribution < -0.4 is 16.0 Å². The van der Waals surface area contributed by atoms with Gasteiger partial charge >= 0.3 is 0 Å². The molecule has 0 spiro atoms. The van der Waals surface area contributed by atoms with Crippen LogP contribution in [-0.2, 0) is 0 Å². The number of pyridine rings is 1. The third kappa shape index (κ3) is 3.47. The van der Waals surface area contributed by atoms with Gasteiger partial charge in [0.25, 0.3) is 0 Å². The van der Waals surface area contributed by atoms with Crippen molar-refractivity contribution in [2.75, 3.05) is 10.5 Å². The molecule has 0 bridgehead atoms. The monoisotopic (exact) mass is 394 g/mol. The number of anilines is 3. The van der Waals surface area contributed by atoms with Crippen molar-refractivity contribution in [1.82, 2.24) is 4.98 Å². The van der Waals surface area contributed by atoms with Gasteiger partial charge in [-0.25, -0.2) is 8.78 Å². The van der Waals surface area contributed by atoms with Crippen molar-refractivity contribution < 1.29 is 18.8 Å². The maximum atomic E-state index is 13.9. The molecule has 0 unspecified atom stereocenters. The lowest BCUT2D eigenvalue weighted by molar-refractivity contribution is 0.101. The fraction of sp³-hybridized carbons (Fsp3) is 0.0588. The third-order valence-electron chi connectivity index (χ3n) is 3.80. The lowest BCUT2D eigenvalue weighted by Crippen LogP contribution is -2.19. The van der Waals surface area contributed by atoms with Crippen molar-refractivity contribution in [2.45, 2.75) is 6.92 Å². The quantitative estimate of drug-likeness (QED) is 0.454. The maximum Gasteiger partial charge on any atom is 0.202 e. The van der Waals surface area contributed by atoms with E-state index in [1.54, 1.807) is 0 Å². The van der Waals surface area contributed by atoms with Gasteiger partial charge in [0.1, 0.15) is 23.0 Å². The number of hydrogen-bond acceptors (Lipinski definition) is 6. The molecule has 2 aromatic carbocycles. The zero-order chi connectivity index (χ0) is 19.9. The van der Waals surface area contributed by atoms with Crippen molar-refractivity contribution in [2.24, 2.45) is 0 Å². The summed E-state index contributed by atoms with van der Waals surface area (Å²) in [6, 6.07) is 5.00. The van der Waals surface area contributed by atoms with Crippen LogP contribution >= 0.6 is 11.6 Å². The molecule has 0 saturated heterocycles. The van der Waals surface area contributed by atoms with E-state index in [4.69, 9.17) is 11.6 Å². The van der Waals surface area contributed by atoms with Crippen LogP contribution in [0.2, 0.25) is 5.02 Å². The second kappa shape index (κ2) is 6.95. The van der Waals surface area contributed by atoms with Crippen LogP contribution in [0.3, 0.4) is 0 Å². The highest BCUT2D eigenvalue weighted by Gasteiger charge is 2.19. The van der Waals surface area contributed by atoms with Crippen LogP contribution in [-0.4, -0.2) is 16.0 Å². The molecule has 7 nitrogen and oxygen atoms in total. The highest BCUT2D eigenvalue weighted by atomic mass is 35.5. The number of Topliss-reactive ketones (excluding diaryl/α,β-unsaturated/α-hetero) is 1. The van der Waals surface area contributed by atoms with E-state index in [2.05, 4.69) is 10.3 Å². The molecule has 1 aromatic heterocycles. The molecule has 0 atom stereocenters. The Labute approximate surface area is 155 Å². The topological polar surface area (TPSA) is 108 Å². The summed E-state index contributed by atoms with van der Waals surface area (Å²) in [4.78, 5) is 27.4. The Morgan fingerprint density at radius 3 is 2.59 bits per heavy atom. The van der Waals surface area contributed by atoms with Crippen molar-refractivity contribution in [3.8, 4) is 0 Å². The highest BCUT2D eigenvalue weighted by Crippen LogP contribution is 2.30.